The van der Waals surface area contributed by atoms with Gasteiger partial charge >= 0.3 is 0 Å². The van der Waals surface area contributed by atoms with Crippen LogP contribution in [0.3, 0.4) is 0 Å². The molecule has 0 aliphatic carbocycles. The van der Waals surface area contributed by atoms with Gasteiger partial charge in [-0.1, -0.05) is 42.1 Å². The molecule has 0 aliphatic heterocycles. The molecule has 0 radical (unpaired) electrons. The molecule has 2 heterocycles. The molecule has 0 spiro atoms. The molecular weight excluding hydrogens is 372 g/mol. The first-order chi connectivity index (χ1) is 13.7. The van der Waals surface area contributed by atoms with Gasteiger partial charge in [-0.05, 0) is 24.3 Å². The first-order valence-corrected chi connectivity index (χ1v) is 9.70. The number of carbonyl (C=O) groups is 1. The Morgan fingerprint density at radius 1 is 1.11 bits per heavy atom. The molecule has 0 unspecified atom stereocenters. The van der Waals surface area contributed by atoms with Crippen molar-refractivity contribution in [3.05, 3.63) is 84.3 Å². The van der Waals surface area contributed by atoms with Gasteiger partial charge in [0.2, 0.25) is 5.91 Å². The summed E-state index contributed by atoms with van der Waals surface area (Å²) < 4.78 is 1.52. The molecule has 0 fully saturated rings. The van der Waals surface area contributed by atoms with Crippen molar-refractivity contribution in [3.63, 3.8) is 0 Å². The molecule has 28 heavy (non-hydrogen) atoms. The van der Waals surface area contributed by atoms with Gasteiger partial charge in [-0.15, -0.1) is 13.2 Å². The molecule has 0 saturated carbocycles. The molecule has 0 saturated heterocycles. The maximum absolute atomic E-state index is 13.1. The number of thioether (sulfide) groups is 1. The molecule has 1 aromatic carbocycles. The van der Waals surface area contributed by atoms with E-state index in [4.69, 9.17) is 0 Å². The largest absolute Gasteiger partial charge is 0.335 e. The van der Waals surface area contributed by atoms with Crippen molar-refractivity contribution in [1.82, 2.24) is 19.4 Å². The summed E-state index contributed by atoms with van der Waals surface area (Å²) in [5, 5.41) is 0.856. The van der Waals surface area contributed by atoms with Crippen LogP contribution < -0.4 is 5.56 Å². The Balaban J connectivity index is 2.00. The fourth-order valence-electron chi connectivity index (χ4n) is 2.71. The highest BCUT2D eigenvalue weighted by Gasteiger charge is 2.17. The molecule has 0 atom stereocenters. The Labute approximate surface area is 167 Å². The standard InChI is InChI=1S/C21H20N4O2S/c1-3-13-24(14-4-2)18(26)15-28-21-23-19-17(11-8-12-22-19)20(27)25(21)16-9-6-5-7-10-16/h3-12H,1-2,13-15H2. The van der Waals surface area contributed by atoms with Crippen LogP contribution in [0.4, 0.5) is 0 Å². The third kappa shape index (κ3) is 4.20. The van der Waals surface area contributed by atoms with Gasteiger partial charge in [0, 0.05) is 19.3 Å². The quantitative estimate of drug-likeness (QED) is 0.335. The molecular formula is C21H20N4O2S. The number of rotatable bonds is 8. The fourth-order valence-corrected chi connectivity index (χ4v) is 3.61. The molecule has 3 rings (SSSR count). The first-order valence-electron chi connectivity index (χ1n) is 8.71. The number of para-hydroxylation sites is 1. The van der Waals surface area contributed by atoms with Gasteiger partial charge in [-0.25, -0.2) is 9.97 Å². The van der Waals surface area contributed by atoms with E-state index in [0.717, 1.165) is 0 Å². The number of nitrogens with zero attached hydrogens (tertiary/aromatic N) is 4. The normalized spacial score (nSPS) is 10.6. The number of hydrogen-bond donors (Lipinski definition) is 0. The van der Waals surface area contributed by atoms with E-state index in [2.05, 4.69) is 23.1 Å². The number of carbonyl (C=O) groups excluding carboxylic acids is 1. The van der Waals surface area contributed by atoms with E-state index in [1.165, 1.54) is 16.3 Å². The second-order valence-electron chi connectivity index (χ2n) is 5.91. The number of fused-ring (bicyclic) bond motifs is 1. The Kier molecular flexibility index (Phi) is 6.39. The maximum Gasteiger partial charge on any atom is 0.268 e. The molecule has 2 aromatic heterocycles. The average Bonchev–Trinajstić information content (AvgIpc) is 2.72. The highest BCUT2D eigenvalue weighted by Crippen LogP contribution is 2.21. The monoisotopic (exact) mass is 392 g/mol. The molecule has 3 aromatic rings. The number of amides is 1. The molecule has 6 nitrogen and oxygen atoms in total. The summed E-state index contributed by atoms with van der Waals surface area (Å²) in [7, 11) is 0. The average molecular weight is 392 g/mol. The second kappa shape index (κ2) is 9.14. The molecule has 0 bridgehead atoms. The van der Waals surface area contributed by atoms with Gasteiger partial charge in [-0.3, -0.25) is 14.2 Å². The number of hydrogen-bond acceptors (Lipinski definition) is 5. The van der Waals surface area contributed by atoms with Crippen LogP contribution in [0.5, 0.6) is 0 Å². The zero-order chi connectivity index (χ0) is 19.9. The van der Waals surface area contributed by atoms with Gasteiger partial charge in [-0.2, -0.15) is 0 Å². The SMILES string of the molecule is C=CCN(CC=C)C(=O)CSc1nc2ncccc2c(=O)n1-c1ccccc1. The number of benzene rings is 1. The minimum atomic E-state index is -0.215. The predicted molar refractivity (Wildman–Crippen MR) is 113 cm³/mol. The van der Waals surface area contributed by atoms with E-state index in [1.54, 1.807) is 35.4 Å². The summed E-state index contributed by atoms with van der Waals surface area (Å²) in [6.07, 6.45) is 4.94. The minimum Gasteiger partial charge on any atom is -0.335 e. The molecule has 142 valence electrons. The minimum absolute atomic E-state index is 0.0835. The molecule has 7 heteroatoms. The summed E-state index contributed by atoms with van der Waals surface area (Å²) in [6, 6.07) is 12.7. The highest BCUT2D eigenvalue weighted by molar-refractivity contribution is 7.99. The third-order valence-corrected chi connectivity index (χ3v) is 4.93. The van der Waals surface area contributed by atoms with Gasteiger partial charge in [0.25, 0.3) is 5.56 Å². The van der Waals surface area contributed by atoms with E-state index in [9.17, 15) is 9.59 Å². The predicted octanol–water partition coefficient (Wildman–Crippen LogP) is 3.07. The van der Waals surface area contributed by atoms with Crippen molar-refractivity contribution >= 4 is 28.7 Å². The second-order valence-corrected chi connectivity index (χ2v) is 6.85. The van der Waals surface area contributed by atoms with Crippen molar-refractivity contribution in [2.45, 2.75) is 5.16 Å². The van der Waals surface area contributed by atoms with Gasteiger partial charge in [0.05, 0.1) is 16.8 Å². The summed E-state index contributed by atoms with van der Waals surface area (Å²) in [5.74, 6) is 0.0546. The van der Waals surface area contributed by atoms with Gasteiger partial charge in [0.1, 0.15) is 0 Å². The van der Waals surface area contributed by atoms with Crippen molar-refractivity contribution in [3.8, 4) is 5.69 Å². The van der Waals surface area contributed by atoms with Crippen LogP contribution in [0.1, 0.15) is 0 Å². The lowest BCUT2D eigenvalue weighted by molar-refractivity contribution is -0.127. The highest BCUT2D eigenvalue weighted by atomic mass is 32.2. The van der Waals surface area contributed by atoms with Crippen molar-refractivity contribution in [1.29, 1.82) is 0 Å². The Hall–Kier alpha value is -3.19. The molecule has 0 aliphatic rings. The van der Waals surface area contributed by atoms with Crippen molar-refractivity contribution in [2.75, 3.05) is 18.8 Å². The van der Waals surface area contributed by atoms with Gasteiger partial charge in [0.15, 0.2) is 10.8 Å². The van der Waals surface area contributed by atoms with E-state index >= 15 is 0 Å². The van der Waals surface area contributed by atoms with Crippen LogP contribution in [-0.2, 0) is 4.79 Å². The fraction of sp³-hybridized carbons (Fsp3) is 0.143. The maximum atomic E-state index is 13.1. The van der Waals surface area contributed by atoms with Crippen LogP contribution in [-0.4, -0.2) is 44.2 Å². The van der Waals surface area contributed by atoms with Crippen LogP contribution in [0.15, 0.2) is 83.9 Å². The topological polar surface area (TPSA) is 68.1 Å². The number of aromatic nitrogens is 3. The zero-order valence-corrected chi connectivity index (χ0v) is 16.1. The van der Waals surface area contributed by atoms with Crippen LogP contribution in [0.25, 0.3) is 16.7 Å². The van der Waals surface area contributed by atoms with Gasteiger partial charge < -0.3 is 4.90 Å². The van der Waals surface area contributed by atoms with Crippen molar-refractivity contribution in [2.24, 2.45) is 0 Å². The first kappa shape index (κ1) is 19.6. The zero-order valence-electron chi connectivity index (χ0n) is 15.3. The molecule has 1 amide bonds. The Morgan fingerprint density at radius 2 is 1.82 bits per heavy atom. The summed E-state index contributed by atoms with van der Waals surface area (Å²) in [6.45, 7) is 8.23. The smallest absolute Gasteiger partial charge is 0.268 e. The third-order valence-electron chi connectivity index (χ3n) is 4.00. The summed E-state index contributed by atoms with van der Waals surface area (Å²) >= 11 is 1.21. The Bertz CT molecular complexity index is 1050. The van der Waals surface area contributed by atoms with E-state index in [-0.39, 0.29) is 17.2 Å². The lowest BCUT2D eigenvalue weighted by Gasteiger charge is -2.19. The van der Waals surface area contributed by atoms with E-state index in [1.807, 2.05) is 30.3 Å². The van der Waals surface area contributed by atoms with Crippen LogP contribution >= 0.6 is 11.8 Å². The van der Waals surface area contributed by atoms with Crippen LogP contribution in [0, 0.1) is 0 Å². The van der Waals surface area contributed by atoms with Crippen LogP contribution in [0.2, 0.25) is 0 Å². The van der Waals surface area contributed by atoms with E-state index in [0.29, 0.717) is 35.0 Å². The van der Waals surface area contributed by atoms with E-state index < -0.39 is 0 Å². The molecule has 0 N–H and O–H groups in total. The number of pyridine rings is 1. The summed E-state index contributed by atoms with van der Waals surface area (Å²) in [5.41, 5.74) is 0.840. The van der Waals surface area contributed by atoms with Crippen molar-refractivity contribution < 1.29 is 4.79 Å². The lowest BCUT2D eigenvalue weighted by atomic mass is 10.3. The summed E-state index contributed by atoms with van der Waals surface area (Å²) in [4.78, 5) is 36.0. The lowest BCUT2D eigenvalue weighted by Crippen LogP contribution is -2.33. The Morgan fingerprint density at radius 3 is 2.50 bits per heavy atom.